The molecule has 0 saturated carbocycles. The second-order valence-electron chi connectivity index (χ2n) is 5.99. The van der Waals surface area contributed by atoms with Crippen LogP contribution in [0.4, 0.5) is 0 Å². The van der Waals surface area contributed by atoms with Crippen molar-refractivity contribution in [1.82, 2.24) is 24.1 Å². The fourth-order valence-corrected chi connectivity index (χ4v) is 4.51. The predicted molar refractivity (Wildman–Crippen MR) is 85.8 cm³/mol. The van der Waals surface area contributed by atoms with E-state index >= 15 is 0 Å². The third-order valence-corrected chi connectivity index (χ3v) is 5.63. The highest BCUT2D eigenvalue weighted by Crippen LogP contribution is 2.45. The zero-order chi connectivity index (χ0) is 16.4. The Kier molecular flexibility index (Phi) is 2.73. The van der Waals surface area contributed by atoms with Gasteiger partial charge in [-0.3, -0.25) is 14.4 Å². The lowest BCUT2D eigenvalue weighted by atomic mass is 10.0. The number of hydrogen-bond donors (Lipinski definition) is 1. The third-order valence-electron chi connectivity index (χ3n) is 4.55. The molecule has 24 heavy (non-hydrogen) atoms. The lowest BCUT2D eigenvalue weighted by Gasteiger charge is -2.36. The maximum atomic E-state index is 12.2. The van der Waals surface area contributed by atoms with E-state index in [-0.39, 0.29) is 17.0 Å². The number of carboxylic acids is 1. The zero-order valence-corrected chi connectivity index (χ0v) is 13.4. The minimum atomic E-state index is -1.08. The SMILES string of the molecule is O=C(O)C1=CSC2C(=Cc3cn4c(n3)nc3n4CCCC3)C(=O)N12. The number of imidazole rings is 1. The highest BCUT2D eigenvalue weighted by atomic mass is 32.2. The molecule has 0 aliphatic carbocycles. The number of nitrogens with zero attached hydrogens (tertiary/aromatic N) is 5. The van der Waals surface area contributed by atoms with E-state index in [0.29, 0.717) is 17.0 Å². The number of β-lactam (4-membered cyclic amide) rings is 1. The van der Waals surface area contributed by atoms with Gasteiger partial charge in [0, 0.05) is 18.4 Å². The highest BCUT2D eigenvalue weighted by molar-refractivity contribution is 8.03. The summed E-state index contributed by atoms with van der Waals surface area (Å²) in [5, 5.41) is 10.3. The molecule has 0 aromatic carbocycles. The Morgan fingerprint density at radius 1 is 1.38 bits per heavy atom. The van der Waals surface area contributed by atoms with Crippen LogP contribution in [0.3, 0.4) is 0 Å². The Balaban J connectivity index is 1.47. The summed E-state index contributed by atoms with van der Waals surface area (Å²) in [6.45, 7) is 0.926. The zero-order valence-electron chi connectivity index (χ0n) is 12.5. The molecule has 1 fully saturated rings. The number of rotatable bonds is 2. The van der Waals surface area contributed by atoms with E-state index in [0.717, 1.165) is 31.6 Å². The van der Waals surface area contributed by atoms with Gasteiger partial charge in [0.15, 0.2) is 0 Å². The summed E-state index contributed by atoms with van der Waals surface area (Å²) in [4.78, 5) is 33.7. The molecular formula is C15H13N5O3S. The molecule has 1 saturated heterocycles. The molecule has 0 spiro atoms. The second-order valence-corrected chi connectivity index (χ2v) is 6.94. The molecule has 8 nitrogen and oxygen atoms in total. The maximum Gasteiger partial charge on any atom is 0.353 e. The van der Waals surface area contributed by atoms with Crippen molar-refractivity contribution in [3.05, 3.63) is 34.4 Å². The molecule has 5 heterocycles. The van der Waals surface area contributed by atoms with E-state index in [1.54, 1.807) is 6.08 Å². The van der Waals surface area contributed by atoms with Crippen LogP contribution in [0.5, 0.6) is 0 Å². The van der Waals surface area contributed by atoms with Crippen molar-refractivity contribution in [1.29, 1.82) is 0 Å². The Morgan fingerprint density at radius 3 is 3.08 bits per heavy atom. The van der Waals surface area contributed by atoms with Gasteiger partial charge in [-0.05, 0) is 18.9 Å². The first-order valence-corrected chi connectivity index (χ1v) is 8.66. The van der Waals surface area contributed by atoms with Crippen LogP contribution in [0.2, 0.25) is 0 Å². The monoisotopic (exact) mass is 343 g/mol. The predicted octanol–water partition coefficient (Wildman–Crippen LogP) is 1.09. The van der Waals surface area contributed by atoms with Crippen LogP contribution in [0, 0.1) is 0 Å². The van der Waals surface area contributed by atoms with Crippen LogP contribution in [0.25, 0.3) is 11.9 Å². The molecule has 9 heteroatoms. The summed E-state index contributed by atoms with van der Waals surface area (Å²) in [5.74, 6) is 0.348. The Bertz CT molecular complexity index is 969. The average molecular weight is 343 g/mol. The minimum absolute atomic E-state index is 0.0436. The van der Waals surface area contributed by atoms with Gasteiger partial charge in [-0.15, -0.1) is 11.8 Å². The summed E-state index contributed by atoms with van der Waals surface area (Å²) in [7, 11) is 0. The molecule has 3 aliphatic rings. The van der Waals surface area contributed by atoms with Crippen molar-refractivity contribution in [2.45, 2.75) is 31.2 Å². The van der Waals surface area contributed by atoms with Gasteiger partial charge < -0.3 is 5.11 Å². The maximum absolute atomic E-state index is 12.2. The highest BCUT2D eigenvalue weighted by Gasteiger charge is 2.49. The van der Waals surface area contributed by atoms with Crippen LogP contribution in [0.1, 0.15) is 24.4 Å². The van der Waals surface area contributed by atoms with Crippen LogP contribution in [-0.4, -0.2) is 46.4 Å². The first kappa shape index (κ1) is 13.8. The first-order valence-electron chi connectivity index (χ1n) is 7.72. The smallest absolute Gasteiger partial charge is 0.353 e. The van der Waals surface area contributed by atoms with Crippen molar-refractivity contribution >= 4 is 35.5 Å². The number of fused-ring (bicyclic) bond motifs is 4. The first-order chi connectivity index (χ1) is 11.6. The van der Waals surface area contributed by atoms with Gasteiger partial charge in [-0.1, -0.05) is 0 Å². The van der Waals surface area contributed by atoms with Gasteiger partial charge >= 0.3 is 5.97 Å². The van der Waals surface area contributed by atoms with Gasteiger partial charge in [-0.2, -0.15) is 4.98 Å². The van der Waals surface area contributed by atoms with E-state index in [2.05, 4.69) is 14.6 Å². The standard InChI is InChI=1S/C15H13N5O3S/c21-12-9(13-20(12)10(7-24-13)14(22)23)5-8-6-19-15(16-8)17-11-3-1-2-4-18(11)19/h5-7,13H,1-4H2,(H,22,23). The summed E-state index contributed by atoms with van der Waals surface area (Å²) in [6.07, 6.45) is 6.86. The van der Waals surface area contributed by atoms with Gasteiger partial charge in [0.1, 0.15) is 16.9 Å². The fourth-order valence-electron chi connectivity index (χ4n) is 3.39. The summed E-state index contributed by atoms with van der Waals surface area (Å²) < 4.78 is 4.06. The molecule has 1 atom stereocenters. The molecule has 0 radical (unpaired) electrons. The molecular weight excluding hydrogens is 330 g/mol. The summed E-state index contributed by atoms with van der Waals surface area (Å²) in [6, 6.07) is 0. The van der Waals surface area contributed by atoms with Gasteiger partial charge in [0.2, 0.25) is 0 Å². The second kappa shape index (κ2) is 4.73. The van der Waals surface area contributed by atoms with Crippen LogP contribution in [0.15, 0.2) is 22.9 Å². The lowest BCUT2D eigenvalue weighted by Crippen LogP contribution is -2.51. The molecule has 5 rings (SSSR count). The van der Waals surface area contributed by atoms with Crippen molar-refractivity contribution in [2.24, 2.45) is 0 Å². The van der Waals surface area contributed by atoms with Crippen LogP contribution < -0.4 is 0 Å². The number of carbonyl (C=O) groups excluding carboxylic acids is 1. The number of aromatic nitrogens is 4. The molecule has 1 amide bonds. The van der Waals surface area contributed by atoms with Crippen molar-refractivity contribution in [3.63, 3.8) is 0 Å². The van der Waals surface area contributed by atoms with E-state index in [1.165, 1.54) is 22.1 Å². The van der Waals surface area contributed by atoms with Gasteiger partial charge in [-0.25, -0.2) is 14.3 Å². The van der Waals surface area contributed by atoms with Crippen molar-refractivity contribution in [3.8, 4) is 0 Å². The quantitative estimate of drug-likeness (QED) is 0.648. The van der Waals surface area contributed by atoms with E-state index in [4.69, 9.17) is 5.11 Å². The Morgan fingerprint density at radius 2 is 2.25 bits per heavy atom. The fraction of sp³-hybridized carbons (Fsp3) is 0.333. The Labute approximate surface area is 140 Å². The number of hydrogen-bond acceptors (Lipinski definition) is 5. The Hall–Kier alpha value is -2.55. The average Bonchev–Trinajstić information content (AvgIpc) is 3.22. The largest absolute Gasteiger partial charge is 0.477 e. The third kappa shape index (κ3) is 1.75. The molecule has 1 unspecified atom stereocenters. The van der Waals surface area contributed by atoms with Crippen molar-refractivity contribution < 1.29 is 14.7 Å². The number of thioether (sulfide) groups is 1. The number of amides is 1. The summed E-state index contributed by atoms with van der Waals surface area (Å²) in [5.41, 5.74) is 1.29. The number of carboxylic acid groups (broad SMARTS) is 1. The molecule has 2 aromatic rings. The van der Waals surface area contributed by atoms with Crippen LogP contribution in [-0.2, 0) is 22.6 Å². The molecule has 0 bridgehead atoms. The molecule has 2 aromatic heterocycles. The van der Waals surface area contributed by atoms with E-state index in [9.17, 15) is 9.59 Å². The van der Waals surface area contributed by atoms with Crippen molar-refractivity contribution in [2.75, 3.05) is 0 Å². The normalized spacial score (nSPS) is 24.1. The van der Waals surface area contributed by atoms with Gasteiger partial charge in [0.25, 0.3) is 11.7 Å². The topological polar surface area (TPSA) is 92.7 Å². The molecule has 122 valence electrons. The minimum Gasteiger partial charge on any atom is -0.477 e. The van der Waals surface area contributed by atoms with Crippen LogP contribution >= 0.6 is 11.8 Å². The lowest BCUT2D eigenvalue weighted by molar-refractivity contribution is -0.141. The molecule has 1 N–H and O–H groups in total. The summed E-state index contributed by atoms with van der Waals surface area (Å²) >= 11 is 1.33. The molecule has 3 aliphatic heterocycles. The number of aliphatic carboxylic acids is 1. The van der Waals surface area contributed by atoms with Gasteiger partial charge in [0.05, 0.1) is 17.5 Å². The number of aryl methyl sites for hydroxylation is 2. The van der Waals surface area contributed by atoms with E-state index in [1.807, 2.05) is 10.7 Å². The van der Waals surface area contributed by atoms with E-state index < -0.39 is 5.97 Å². The number of carbonyl (C=O) groups is 2.